The maximum Gasteiger partial charge on any atom is 0.0766 e. The topological polar surface area (TPSA) is 35.8 Å². The molecule has 2 rings (SSSR count). The SMILES string of the molecule is CC1CCCCC1Nc1ccc(C(C)(C)C#N)cc1. The number of nitrogens with zero attached hydrogens (tertiary/aromatic N) is 1. The van der Waals surface area contributed by atoms with Crippen molar-refractivity contribution in [2.75, 3.05) is 5.32 Å². The van der Waals surface area contributed by atoms with Gasteiger partial charge in [-0.1, -0.05) is 31.9 Å². The summed E-state index contributed by atoms with van der Waals surface area (Å²) in [5.41, 5.74) is 1.85. The summed E-state index contributed by atoms with van der Waals surface area (Å²) < 4.78 is 0. The van der Waals surface area contributed by atoms with Crippen LogP contribution in [0.3, 0.4) is 0 Å². The van der Waals surface area contributed by atoms with Gasteiger partial charge in [-0.15, -0.1) is 0 Å². The van der Waals surface area contributed by atoms with Gasteiger partial charge in [0, 0.05) is 11.7 Å². The standard InChI is InChI=1S/C17H24N2/c1-13-6-4-5-7-16(13)19-15-10-8-14(9-11-15)17(2,3)12-18/h8-11,13,16,19H,4-7H2,1-3H3. The number of rotatable bonds is 3. The second-order valence-electron chi connectivity index (χ2n) is 6.33. The highest BCUT2D eigenvalue weighted by atomic mass is 14.9. The van der Waals surface area contributed by atoms with Crippen molar-refractivity contribution in [2.24, 2.45) is 5.92 Å². The summed E-state index contributed by atoms with van der Waals surface area (Å²) in [5.74, 6) is 0.754. The Hall–Kier alpha value is -1.49. The van der Waals surface area contributed by atoms with Gasteiger partial charge in [-0.05, 0) is 50.3 Å². The van der Waals surface area contributed by atoms with Gasteiger partial charge >= 0.3 is 0 Å². The Morgan fingerprint density at radius 3 is 2.37 bits per heavy atom. The zero-order chi connectivity index (χ0) is 13.9. The van der Waals surface area contributed by atoms with Gasteiger partial charge in [0.1, 0.15) is 0 Å². The lowest BCUT2D eigenvalue weighted by Gasteiger charge is -2.30. The summed E-state index contributed by atoms with van der Waals surface area (Å²) in [6.07, 6.45) is 5.31. The summed E-state index contributed by atoms with van der Waals surface area (Å²) in [7, 11) is 0. The summed E-state index contributed by atoms with van der Waals surface area (Å²) in [6, 6.07) is 11.3. The van der Waals surface area contributed by atoms with E-state index in [1.807, 2.05) is 13.8 Å². The fourth-order valence-corrected chi connectivity index (χ4v) is 2.79. The van der Waals surface area contributed by atoms with Crippen molar-refractivity contribution in [3.63, 3.8) is 0 Å². The Morgan fingerprint density at radius 1 is 1.16 bits per heavy atom. The molecule has 1 N–H and O–H groups in total. The maximum atomic E-state index is 9.15. The Morgan fingerprint density at radius 2 is 1.79 bits per heavy atom. The van der Waals surface area contributed by atoms with Crippen molar-refractivity contribution in [3.05, 3.63) is 29.8 Å². The third-order valence-electron chi connectivity index (χ3n) is 4.35. The Balaban J connectivity index is 2.05. The van der Waals surface area contributed by atoms with Crippen molar-refractivity contribution >= 4 is 5.69 Å². The first kappa shape index (κ1) is 13.9. The van der Waals surface area contributed by atoms with E-state index in [2.05, 4.69) is 42.6 Å². The van der Waals surface area contributed by atoms with Crippen molar-refractivity contribution in [3.8, 4) is 6.07 Å². The molecule has 0 radical (unpaired) electrons. The molecule has 0 amide bonds. The zero-order valence-electron chi connectivity index (χ0n) is 12.2. The van der Waals surface area contributed by atoms with Gasteiger partial charge in [0.25, 0.3) is 0 Å². The molecule has 102 valence electrons. The monoisotopic (exact) mass is 256 g/mol. The van der Waals surface area contributed by atoms with Crippen molar-refractivity contribution < 1.29 is 0 Å². The lowest BCUT2D eigenvalue weighted by molar-refractivity contribution is 0.349. The summed E-state index contributed by atoms with van der Waals surface area (Å²) in [4.78, 5) is 0. The van der Waals surface area contributed by atoms with Crippen molar-refractivity contribution in [2.45, 2.75) is 57.9 Å². The molecule has 1 aliphatic rings. The smallest absolute Gasteiger partial charge is 0.0766 e. The second kappa shape index (κ2) is 5.65. The van der Waals surface area contributed by atoms with Crippen LogP contribution in [0.15, 0.2) is 24.3 Å². The molecule has 0 heterocycles. The average molecular weight is 256 g/mol. The van der Waals surface area contributed by atoms with E-state index in [4.69, 9.17) is 5.26 Å². The van der Waals surface area contributed by atoms with Crippen LogP contribution < -0.4 is 5.32 Å². The molecule has 2 nitrogen and oxygen atoms in total. The number of benzene rings is 1. The molecule has 2 unspecified atom stereocenters. The highest BCUT2D eigenvalue weighted by molar-refractivity contribution is 5.47. The Labute approximate surface area is 116 Å². The molecule has 2 heteroatoms. The molecule has 1 aromatic carbocycles. The van der Waals surface area contributed by atoms with Crippen LogP contribution in [0.1, 0.15) is 52.0 Å². The number of anilines is 1. The average Bonchev–Trinajstić information content (AvgIpc) is 2.42. The molecule has 1 saturated carbocycles. The van der Waals surface area contributed by atoms with E-state index >= 15 is 0 Å². The Kier molecular flexibility index (Phi) is 4.14. The lowest BCUT2D eigenvalue weighted by atomic mass is 9.85. The largest absolute Gasteiger partial charge is 0.382 e. The van der Waals surface area contributed by atoms with Gasteiger partial charge < -0.3 is 5.32 Å². The zero-order valence-corrected chi connectivity index (χ0v) is 12.2. The van der Waals surface area contributed by atoms with E-state index in [1.54, 1.807) is 0 Å². The van der Waals surface area contributed by atoms with Gasteiger partial charge in [0.05, 0.1) is 11.5 Å². The number of hydrogen-bond acceptors (Lipinski definition) is 2. The molecular weight excluding hydrogens is 232 g/mol. The van der Waals surface area contributed by atoms with E-state index in [0.717, 1.165) is 11.5 Å². The highest BCUT2D eigenvalue weighted by Crippen LogP contribution is 2.28. The van der Waals surface area contributed by atoms with Crippen molar-refractivity contribution in [1.29, 1.82) is 5.26 Å². The number of hydrogen-bond donors (Lipinski definition) is 1. The molecule has 1 aliphatic carbocycles. The summed E-state index contributed by atoms with van der Waals surface area (Å²) in [5, 5.41) is 12.8. The number of nitrogens with one attached hydrogen (secondary N) is 1. The van der Waals surface area contributed by atoms with E-state index in [0.29, 0.717) is 6.04 Å². The van der Waals surface area contributed by atoms with Crippen LogP contribution in [0.25, 0.3) is 0 Å². The highest BCUT2D eigenvalue weighted by Gasteiger charge is 2.22. The molecular formula is C17H24N2. The van der Waals surface area contributed by atoms with Crippen LogP contribution in [0.4, 0.5) is 5.69 Å². The van der Waals surface area contributed by atoms with E-state index < -0.39 is 5.41 Å². The van der Waals surface area contributed by atoms with Crippen LogP contribution >= 0.6 is 0 Å². The quantitative estimate of drug-likeness (QED) is 0.865. The van der Waals surface area contributed by atoms with E-state index in [-0.39, 0.29) is 0 Å². The fraction of sp³-hybridized carbons (Fsp3) is 0.588. The van der Waals surface area contributed by atoms with E-state index in [1.165, 1.54) is 31.4 Å². The molecule has 0 saturated heterocycles. The molecule has 2 atom stereocenters. The fourth-order valence-electron chi connectivity index (χ4n) is 2.79. The lowest BCUT2D eigenvalue weighted by Crippen LogP contribution is -2.30. The van der Waals surface area contributed by atoms with Crippen LogP contribution in [0, 0.1) is 17.2 Å². The van der Waals surface area contributed by atoms with Crippen LogP contribution in [0.5, 0.6) is 0 Å². The third-order valence-corrected chi connectivity index (χ3v) is 4.35. The second-order valence-corrected chi connectivity index (χ2v) is 6.33. The number of nitriles is 1. The third kappa shape index (κ3) is 3.29. The van der Waals surface area contributed by atoms with Crippen molar-refractivity contribution in [1.82, 2.24) is 0 Å². The first-order valence-corrected chi connectivity index (χ1v) is 7.31. The minimum absolute atomic E-state index is 0.406. The van der Waals surface area contributed by atoms with Gasteiger partial charge in [-0.25, -0.2) is 0 Å². The summed E-state index contributed by atoms with van der Waals surface area (Å²) in [6.45, 7) is 6.25. The maximum absolute atomic E-state index is 9.15. The van der Waals surface area contributed by atoms with Crippen LogP contribution in [0.2, 0.25) is 0 Å². The van der Waals surface area contributed by atoms with Gasteiger partial charge in [0.2, 0.25) is 0 Å². The van der Waals surface area contributed by atoms with E-state index in [9.17, 15) is 0 Å². The van der Waals surface area contributed by atoms with Gasteiger partial charge in [-0.3, -0.25) is 0 Å². The molecule has 0 spiro atoms. The molecule has 0 aliphatic heterocycles. The molecule has 0 bridgehead atoms. The normalized spacial score (nSPS) is 23.7. The van der Waals surface area contributed by atoms with Gasteiger partial charge in [-0.2, -0.15) is 5.26 Å². The first-order chi connectivity index (χ1) is 9.03. The minimum atomic E-state index is -0.406. The predicted octanol–water partition coefficient (Wildman–Crippen LogP) is 4.48. The molecule has 1 aromatic rings. The first-order valence-electron chi connectivity index (χ1n) is 7.31. The molecule has 0 aromatic heterocycles. The summed E-state index contributed by atoms with van der Waals surface area (Å²) >= 11 is 0. The Bertz CT molecular complexity index is 453. The molecule has 19 heavy (non-hydrogen) atoms. The van der Waals surface area contributed by atoms with Crippen LogP contribution in [-0.4, -0.2) is 6.04 Å². The van der Waals surface area contributed by atoms with Crippen LogP contribution in [-0.2, 0) is 5.41 Å². The van der Waals surface area contributed by atoms with Gasteiger partial charge in [0.15, 0.2) is 0 Å². The predicted molar refractivity (Wildman–Crippen MR) is 80.1 cm³/mol. The minimum Gasteiger partial charge on any atom is -0.382 e. The molecule has 1 fully saturated rings.